The number of para-hydroxylation sites is 1. The van der Waals surface area contributed by atoms with Gasteiger partial charge in [0.1, 0.15) is 6.61 Å². The van der Waals surface area contributed by atoms with Crippen LogP contribution in [-0.2, 0) is 6.61 Å². The number of rotatable bonds is 7. The minimum absolute atomic E-state index is 0.228. The fourth-order valence-electron chi connectivity index (χ4n) is 2.54. The second-order valence-corrected chi connectivity index (χ2v) is 6.77. The summed E-state index contributed by atoms with van der Waals surface area (Å²) in [5.74, 6) is 0.180. The van der Waals surface area contributed by atoms with Crippen molar-refractivity contribution in [3.05, 3.63) is 87.9 Å². The summed E-state index contributed by atoms with van der Waals surface area (Å²) in [5.41, 5.74) is 2.70. The first kappa shape index (κ1) is 19.6. The summed E-state index contributed by atoms with van der Waals surface area (Å²) in [4.78, 5) is 15.6. The van der Waals surface area contributed by atoms with Gasteiger partial charge in [0.05, 0.1) is 18.4 Å². The van der Waals surface area contributed by atoms with E-state index in [-0.39, 0.29) is 12.2 Å². The van der Waals surface area contributed by atoms with Gasteiger partial charge in [0.25, 0.3) is 0 Å². The zero-order chi connectivity index (χ0) is 19.9. The standard InChI is InChI=1S/C22H18BrNO4/c1-27-21-12-15(13-24-19-8-3-2-7-18(19)23)9-10-20(21)28-14-16-5-4-6-17(11-16)22(25)26/h2-13H,14H2,1H3,(H,25,26). The van der Waals surface area contributed by atoms with Crippen LogP contribution in [0, 0.1) is 0 Å². The van der Waals surface area contributed by atoms with E-state index in [0.29, 0.717) is 11.5 Å². The Morgan fingerprint density at radius 2 is 1.89 bits per heavy atom. The van der Waals surface area contributed by atoms with Crippen LogP contribution in [0.2, 0.25) is 0 Å². The van der Waals surface area contributed by atoms with E-state index in [0.717, 1.165) is 21.3 Å². The highest BCUT2D eigenvalue weighted by Crippen LogP contribution is 2.29. The quantitative estimate of drug-likeness (QED) is 0.494. The van der Waals surface area contributed by atoms with Crippen molar-refractivity contribution < 1.29 is 19.4 Å². The average Bonchev–Trinajstić information content (AvgIpc) is 2.72. The molecule has 0 saturated heterocycles. The van der Waals surface area contributed by atoms with E-state index >= 15 is 0 Å². The fraction of sp³-hybridized carbons (Fsp3) is 0.0909. The third-order valence-electron chi connectivity index (χ3n) is 3.96. The number of nitrogens with zero attached hydrogens (tertiary/aromatic N) is 1. The van der Waals surface area contributed by atoms with Crippen molar-refractivity contribution >= 4 is 33.8 Å². The lowest BCUT2D eigenvalue weighted by atomic mass is 10.1. The van der Waals surface area contributed by atoms with Gasteiger partial charge in [-0.2, -0.15) is 0 Å². The van der Waals surface area contributed by atoms with Gasteiger partial charge in [-0.3, -0.25) is 4.99 Å². The van der Waals surface area contributed by atoms with E-state index in [9.17, 15) is 4.79 Å². The van der Waals surface area contributed by atoms with E-state index in [2.05, 4.69) is 20.9 Å². The molecule has 28 heavy (non-hydrogen) atoms. The monoisotopic (exact) mass is 439 g/mol. The summed E-state index contributed by atoms with van der Waals surface area (Å²) < 4.78 is 12.2. The minimum Gasteiger partial charge on any atom is -0.493 e. The summed E-state index contributed by atoms with van der Waals surface area (Å²) in [5, 5.41) is 9.08. The first-order chi connectivity index (χ1) is 13.6. The summed E-state index contributed by atoms with van der Waals surface area (Å²) in [7, 11) is 1.57. The lowest BCUT2D eigenvalue weighted by Gasteiger charge is -2.11. The van der Waals surface area contributed by atoms with Gasteiger partial charge >= 0.3 is 5.97 Å². The fourth-order valence-corrected chi connectivity index (χ4v) is 2.93. The lowest BCUT2D eigenvalue weighted by molar-refractivity contribution is 0.0696. The van der Waals surface area contributed by atoms with Crippen LogP contribution in [0.1, 0.15) is 21.5 Å². The predicted molar refractivity (Wildman–Crippen MR) is 112 cm³/mol. The van der Waals surface area contributed by atoms with E-state index < -0.39 is 5.97 Å². The van der Waals surface area contributed by atoms with Gasteiger partial charge in [-0.15, -0.1) is 0 Å². The van der Waals surface area contributed by atoms with Crippen LogP contribution in [-0.4, -0.2) is 24.4 Å². The van der Waals surface area contributed by atoms with Crippen molar-refractivity contribution in [3.63, 3.8) is 0 Å². The maximum absolute atomic E-state index is 11.1. The zero-order valence-corrected chi connectivity index (χ0v) is 16.7. The van der Waals surface area contributed by atoms with Crippen molar-refractivity contribution in [3.8, 4) is 11.5 Å². The van der Waals surface area contributed by atoms with E-state index in [1.54, 1.807) is 37.6 Å². The van der Waals surface area contributed by atoms with Gasteiger partial charge in [-0.05, 0) is 69.5 Å². The molecule has 3 aromatic rings. The van der Waals surface area contributed by atoms with Gasteiger partial charge in [0.15, 0.2) is 11.5 Å². The largest absolute Gasteiger partial charge is 0.493 e. The van der Waals surface area contributed by atoms with Crippen molar-refractivity contribution in [2.75, 3.05) is 7.11 Å². The Labute approximate surface area is 171 Å². The molecule has 0 fully saturated rings. The number of hydrogen-bond acceptors (Lipinski definition) is 4. The lowest BCUT2D eigenvalue weighted by Crippen LogP contribution is -2.01. The molecule has 0 aliphatic heterocycles. The normalized spacial score (nSPS) is 10.8. The van der Waals surface area contributed by atoms with Crippen molar-refractivity contribution in [1.29, 1.82) is 0 Å². The van der Waals surface area contributed by atoms with Crippen LogP contribution in [0.25, 0.3) is 0 Å². The second-order valence-electron chi connectivity index (χ2n) is 5.91. The second kappa shape index (κ2) is 9.19. The molecule has 0 aromatic heterocycles. The maximum Gasteiger partial charge on any atom is 0.335 e. The van der Waals surface area contributed by atoms with Crippen LogP contribution in [0.5, 0.6) is 11.5 Å². The van der Waals surface area contributed by atoms with E-state index in [4.69, 9.17) is 14.6 Å². The zero-order valence-electron chi connectivity index (χ0n) is 15.1. The molecular weight excluding hydrogens is 422 g/mol. The smallest absolute Gasteiger partial charge is 0.335 e. The summed E-state index contributed by atoms with van der Waals surface area (Å²) >= 11 is 3.47. The van der Waals surface area contributed by atoms with E-state index in [1.165, 1.54) is 0 Å². The molecule has 0 amide bonds. The first-order valence-corrected chi connectivity index (χ1v) is 9.28. The number of hydrogen-bond donors (Lipinski definition) is 1. The van der Waals surface area contributed by atoms with Crippen LogP contribution in [0.3, 0.4) is 0 Å². The number of carboxylic acids is 1. The van der Waals surface area contributed by atoms with Crippen LogP contribution < -0.4 is 9.47 Å². The number of aromatic carboxylic acids is 1. The third kappa shape index (κ3) is 4.98. The highest BCUT2D eigenvalue weighted by atomic mass is 79.9. The molecule has 0 atom stereocenters. The Balaban J connectivity index is 1.74. The van der Waals surface area contributed by atoms with Crippen LogP contribution >= 0.6 is 15.9 Å². The van der Waals surface area contributed by atoms with Crippen molar-refractivity contribution in [1.82, 2.24) is 0 Å². The van der Waals surface area contributed by atoms with Crippen LogP contribution in [0.4, 0.5) is 5.69 Å². The molecule has 3 aromatic carbocycles. The van der Waals surface area contributed by atoms with Gasteiger partial charge in [-0.25, -0.2) is 4.79 Å². The molecule has 3 rings (SSSR count). The Hall–Kier alpha value is -3.12. The Morgan fingerprint density at radius 1 is 1.07 bits per heavy atom. The maximum atomic E-state index is 11.1. The van der Waals surface area contributed by atoms with Crippen molar-refractivity contribution in [2.45, 2.75) is 6.61 Å². The molecule has 0 aliphatic rings. The van der Waals surface area contributed by atoms with Gasteiger partial charge in [0, 0.05) is 10.7 Å². The molecule has 0 heterocycles. The number of halogens is 1. The number of aliphatic imine (C=N–C) groups is 1. The highest BCUT2D eigenvalue weighted by molar-refractivity contribution is 9.10. The molecule has 0 saturated carbocycles. The van der Waals surface area contributed by atoms with Gasteiger partial charge in [-0.1, -0.05) is 24.3 Å². The summed E-state index contributed by atoms with van der Waals surface area (Å²) in [6, 6.07) is 19.9. The number of carbonyl (C=O) groups is 1. The molecule has 142 valence electrons. The number of benzene rings is 3. The van der Waals surface area contributed by atoms with E-state index in [1.807, 2.05) is 42.5 Å². The molecule has 6 heteroatoms. The summed E-state index contributed by atoms with van der Waals surface area (Å²) in [6.45, 7) is 0.238. The Morgan fingerprint density at radius 3 is 2.64 bits per heavy atom. The number of ether oxygens (including phenoxy) is 2. The molecule has 0 radical (unpaired) electrons. The molecule has 0 spiro atoms. The Kier molecular flexibility index (Phi) is 6.45. The summed E-state index contributed by atoms with van der Waals surface area (Å²) in [6.07, 6.45) is 1.75. The average molecular weight is 440 g/mol. The molecule has 0 aliphatic carbocycles. The minimum atomic E-state index is -0.965. The predicted octanol–water partition coefficient (Wildman–Crippen LogP) is 5.49. The molecule has 5 nitrogen and oxygen atoms in total. The number of methoxy groups -OCH3 is 1. The molecule has 0 bridgehead atoms. The highest BCUT2D eigenvalue weighted by Gasteiger charge is 2.08. The van der Waals surface area contributed by atoms with Gasteiger partial charge < -0.3 is 14.6 Å². The van der Waals surface area contributed by atoms with Crippen LogP contribution in [0.15, 0.2) is 76.2 Å². The molecule has 1 N–H and O–H groups in total. The SMILES string of the molecule is COc1cc(C=Nc2ccccc2Br)ccc1OCc1cccc(C(=O)O)c1. The first-order valence-electron chi connectivity index (χ1n) is 8.48. The topological polar surface area (TPSA) is 68.1 Å². The molecular formula is C22H18BrNO4. The van der Waals surface area contributed by atoms with Crippen molar-refractivity contribution in [2.24, 2.45) is 4.99 Å². The third-order valence-corrected chi connectivity index (χ3v) is 4.63. The molecule has 0 unspecified atom stereocenters. The number of carboxylic acid groups (broad SMARTS) is 1. The van der Waals surface area contributed by atoms with Gasteiger partial charge in [0.2, 0.25) is 0 Å². The Bertz CT molecular complexity index is 1020.